The van der Waals surface area contributed by atoms with Gasteiger partial charge in [0.25, 0.3) is 0 Å². The van der Waals surface area contributed by atoms with E-state index in [2.05, 4.69) is 42.3 Å². The molecule has 1 aromatic heterocycles. The van der Waals surface area contributed by atoms with Gasteiger partial charge in [-0.05, 0) is 42.2 Å². The zero-order valence-corrected chi connectivity index (χ0v) is 13.1. The average Bonchev–Trinajstić information content (AvgIpc) is 2.49. The molecule has 0 radical (unpaired) electrons. The first-order valence-electron chi connectivity index (χ1n) is 5.61. The van der Waals surface area contributed by atoms with Crippen LogP contribution in [0.2, 0.25) is 0 Å². The third-order valence-corrected chi connectivity index (χ3v) is 4.13. The van der Waals surface area contributed by atoms with Gasteiger partial charge in [-0.15, -0.1) is 0 Å². The molecule has 0 amide bonds. The quantitative estimate of drug-likeness (QED) is 0.603. The zero-order valence-electron chi connectivity index (χ0n) is 9.89. The Bertz CT molecular complexity index is 323. The molecule has 0 unspecified atom stereocenters. The van der Waals surface area contributed by atoms with Crippen LogP contribution in [-0.2, 0) is 13.6 Å². The highest BCUT2D eigenvalue weighted by molar-refractivity contribution is 9.10. The lowest BCUT2D eigenvalue weighted by molar-refractivity contribution is 0.588. The second-order valence-corrected chi connectivity index (χ2v) is 5.48. The van der Waals surface area contributed by atoms with Crippen LogP contribution in [0.4, 0.5) is 0 Å². The number of alkyl halides is 1. The minimum absolute atomic E-state index is 0.881. The van der Waals surface area contributed by atoms with Gasteiger partial charge in [-0.1, -0.05) is 22.4 Å². The van der Waals surface area contributed by atoms with Gasteiger partial charge in [0.15, 0.2) is 0 Å². The lowest BCUT2D eigenvalue weighted by Gasteiger charge is -2.05. The van der Waals surface area contributed by atoms with Gasteiger partial charge in [-0.25, -0.2) is 0 Å². The summed E-state index contributed by atoms with van der Waals surface area (Å²) in [6.07, 6.45) is 3.78. The molecule has 0 bridgehead atoms. The fourth-order valence-corrected chi connectivity index (χ4v) is 2.47. The Morgan fingerprint density at radius 3 is 2.62 bits per heavy atom. The number of rotatable bonds is 7. The number of hydrogen-bond acceptors (Lipinski definition) is 2. The predicted molar refractivity (Wildman–Crippen MR) is 75.0 cm³/mol. The van der Waals surface area contributed by atoms with Crippen molar-refractivity contribution in [3.63, 3.8) is 0 Å². The van der Waals surface area contributed by atoms with Gasteiger partial charge < -0.3 is 5.32 Å². The Kier molecular flexibility index (Phi) is 6.61. The monoisotopic (exact) mass is 351 g/mol. The number of hydrogen-bond donors (Lipinski definition) is 1. The number of nitrogens with zero attached hydrogens (tertiary/aromatic N) is 2. The molecule has 1 rings (SSSR count). The van der Waals surface area contributed by atoms with Gasteiger partial charge >= 0.3 is 0 Å². The van der Waals surface area contributed by atoms with Crippen LogP contribution in [0.15, 0.2) is 4.47 Å². The maximum absolute atomic E-state index is 4.36. The van der Waals surface area contributed by atoms with Crippen molar-refractivity contribution in [3.8, 4) is 0 Å². The topological polar surface area (TPSA) is 29.9 Å². The van der Waals surface area contributed by atoms with Crippen LogP contribution in [0, 0.1) is 6.92 Å². The van der Waals surface area contributed by atoms with Gasteiger partial charge in [0.05, 0.1) is 15.9 Å². The average molecular weight is 353 g/mol. The fourth-order valence-electron chi connectivity index (χ4n) is 1.60. The standard InChI is InChI=1S/C11H19Br2N3/c1-9-11(13)10(16(2)15-9)8-14-7-5-3-4-6-12/h14H,3-8H2,1-2H3. The SMILES string of the molecule is Cc1nn(C)c(CNCCCCCBr)c1Br. The summed E-state index contributed by atoms with van der Waals surface area (Å²) in [6.45, 7) is 3.97. The minimum Gasteiger partial charge on any atom is -0.311 e. The van der Waals surface area contributed by atoms with Crippen LogP contribution < -0.4 is 5.32 Å². The Morgan fingerprint density at radius 2 is 2.06 bits per heavy atom. The summed E-state index contributed by atoms with van der Waals surface area (Å²) in [5.74, 6) is 0. The van der Waals surface area contributed by atoms with E-state index >= 15 is 0 Å². The normalized spacial score (nSPS) is 11.0. The van der Waals surface area contributed by atoms with Crippen molar-refractivity contribution in [2.45, 2.75) is 32.7 Å². The first kappa shape index (κ1) is 14.2. The van der Waals surface area contributed by atoms with Crippen molar-refractivity contribution < 1.29 is 0 Å². The Labute approximate surface area is 114 Å². The molecule has 1 heterocycles. The minimum atomic E-state index is 0.881. The Morgan fingerprint density at radius 1 is 1.31 bits per heavy atom. The lowest BCUT2D eigenvalue weighted by atomic mass is 10.2. The van der Waals surface area contributed by atoms with Crippen molar-refractivity contribution in [2.75, 3.05) is 11.9 Å². The van der Waals surface area contributed by atoms with Crippen LogP contribution in [-0.4, -0.2) is 21.7 Å². The first-order chi connectivity index (χ1) is 7.66. The molecule has 0 saturated carbocycles. The summed E-state index contributed by atoms with van der Waals surface area (Å²) in [7, 11) is 1.99. The third kappa shape index (κ3) is 4.18. The van der Waals surface area contributed by atoms with E-state index in [1.807, 2.05) is 18.7 Å². The molecule has 0 aliphatic heterocycles. The van der Waals surface area contributed by atoms with Crippen LogP contribution in [0.3, 0.4) is 0 Å². The molecule has 0 aromatic carbocycles. The highest BCUT2D eigenvalue weighted by Gasteiger charge is 2.09. The summed E-state index contributed by atoms with van der Waals surface area (Å²) in [5.41, 5.74) is 2.27. The van der Waals surface area contributed by atoms with Crippen molar-refractivity contribution in [1.29, 1.82) is 0 Å². The molecule has 16 heavy (non-hydrogen) atoms. The number of aryl methyl sites for hydroxylation is 2. The Balaban J connectivity index is 2.26. The molecule has 0 atom stereocenters. The van der Waals surface area contributed by atoms with Crippen LogP contribution in [0.1, 0.15) is 30.7 Å². The van der Waals surface area contributed by atoms with Gasteiger partial charge in [0.1, 0.15) is 0 Å². The van der Waals surface area contributed by atoms with E-state index < -0.39 is 0 Å². The van der Waals surface area contributed by atoms with E-state index in [1.54, 1.807) is 0 Å². The smallest absolute Gasteiger partial charge is 0.0739 e. The lowest BCUT2D eigenvalue weighted by Crippen LogP contribution is -2.17. The van der Waals surface area contributed by atoms with Gasteiger partial charge in [0.2, 0.25) is 0 Å². The van der Waals surface area contributed by atoms with E-state index in [0.29, 0.717) is 0 Å². The second kappa shape index (κ2) is 7.45. The summed E-state index contributed by atoms with van der Waals surface area (Å²) in [5, 5.41) is 8.92. The first-order valence-corrected chi connectivity index (χ1v) is 7.53. The molecule has 1 N–H and O–H groups in total. The van der Waals surface area contributed by atoms with Crippen LogP contribution >= 0.6 is 31.9 Å². The van der Waals surface area contributed by atoms with E-state index in [4.69, 9.17) is 0 Å². The number of unbranched alkanes of at least 4 members (excludes halogenated alkanes) is 2. The molecular weight excluding hydrogens is 334 g/mol. The molecule has 0 spiro atoms. The maximum atomic E-state index is 4.36. The Hall–Kier alpha value is 0.130. The van der Waals surface area contributed by atoms with Gasteiger partial charge in [0, 0.05) is 18.9 Å². The third-order valence-electron chi connectivity index (χ3n) is 2.54. The van der Waals surface area contributed by atoms with Crippen molar-refractivity contribution >= 4 is 31.9 Å². The largest absolute Gasteiger partial charge is 0.311 e. The summed E-state index contributed by atoms with van der Waals surface area (Å²) in [6, 6.07) is 0. The van der Waals surface area contributed by atoms with Crippen LogP contribution in [0.25, 0.3) is 0 Å². The number of halogens is 2. The van der Waals surface area contributed by atoms with E-state index in [9.17, 15) is 0 Å². The highest BCUT2D eigenvalue weighted by atomic mass is 79.9. The molecule has 0 aliphatic carbocycles. The van der Waals surface area contributed by atoms with Crippen molar-refractivity contribution in [2.24, 2.45) is 7.05 Å². The summed E-state index contributed by atoms with van der Waals surface area (Å²) < 4.78 is 3.06. The van der Waals surface area contributed by atoms with Gasteiger partial charge in [-0.2, -0.15) is 5.10 Å². The zero-order chi connectivity index (χ0) is 12.0. The maximum Gasteiger partial charge on any atom is 0.0739 e. The summed E-state index contributed by atoms with van der Waals surface area (Å²) in [4.78, 5) is 0. The summed E-state index contributed by atoms with van der Waals surface area (Å²) >= 11 is 7.00. The highest BCUT2D eigenvalue weighted by Crippen LogP contribution is 2.19. The van der Waals surface area contributed by atoms with E-state index in [-0.39, 0.29) is 0 Å². The van der Waals surface area contributed by atoms with Crippen molar-refractivity contribution in [3.05, 3.63) is 15.9 Å². The van der Waals surface area contributed by atoms with E-state index in [0.717, 1.165) is 28.6 Å². The molecule has 5 heteroatoms. The molecule has 0 fully saturated rings. The number of aromatic nitrogens is 2. The molecule has 1 aromatic rings. The molecular formula is C11H19Br2N3. The van der Waals surface area contributed by atoms with Crippen molar-refractivity contribution in [1.82, 2.24) is 15.1 Å². The van der Waals surface area contributed by atoms with Crippen LogP contribution in [0.5, 0.6) is 0 Å². The molecule has 0 aliphatic rings. The molecule has 92 valence electrons. The second-order valence-electron chi connectivity index (χ2n) is 3.90. The molecule has 0 saturated heterocycles. The molecule has 3 nitrogen and oxygen atoms in total. The number of nitrogens with one attached hydrogen (secondary N) is 1. The van der Waals surface area contributed by atoms with E-state index in [1.165, 1.54) is 25.0 Å². The predicted octanol–water partition coefficient (Wildman–Crippen LogP) is 3.15. The fraction of sp³-hybridized carbons (Fsp3) is 0.727. The van der Waals surface area contributed by atoms with Gasteiger partial charge in [-0.3, -0.25) is 4.68 Å².